The molecule has 3 aromatic carbocycles. The first-order chi connectivity index (χ1) is 15.7. The van der Waals surface area contributed by atoms with E-state index >= 15 is 0 Å². The molecular formula is C24H17ClN6O. The number of nitrogens with zero attached hydrogens (tertiary/aromatic N) is 4. The molecule has 1 atom stereocenters. The normalized spacial score (nSPS) is 16.1. The molecular weight excluding hydrogens is 424 g/mol. The molecule has 156 valence electrons. The van der Waals surface area contributed by atoms with Crippen molar-refractivity contribution in [2.75, 3.05) is 0 Å². The lowest BCUT2D eigenvalue weighted by atomic mass is 10.1. The monoisotopic (exact) mass is 440 g/mol. The summed E-state index contributed by atoms with van der Waals surface area (Å²) < 4.78 is 0. The van der Waals surface area contributed by atoms with E-state index in [2.05, 4.69) is 15.0 Å². The van der Waals surface area contributed by atoms with E-state index in [0.717, 1.165) is 22.1 Å². The predicted molar refractivity (Wildman–Crippen MR) is 124 cm³/mol. The number of para-hydroxylation sites is 4. The highest BCUT2D eigenvalue weighted by atomic mass is 35.5. The molecule has 7 nitrogen and oxygen atoms in total. The maximum absolute atomic E-state index is 13.4. The van der Waals surface area contributed by atoms with Crippen LogP contribution in [-0.4, -0.2) is 36.6 Å². The molecule has 8 heteroatoms. The zero-order chi connectivity index (χ0) is 21.7. The molecule has 0 unspecified atom stereocenters. The van der Waals surface area contributed by atoms with Crippen molar-refractivity contribution in [3.05, 3.63) is 95.0 Å². The Hall–Kier alpha value is -3.97. The average Bonchev–Trinajstić information content (AvgIpc) is 3.54. The number of nitrogens with one attached hydrogen (secondary N) is 2. The smallest absolute Gasteiger partial charge is 0.274 e. The van der Waals surface area contributed by atoms with Gasteiger partial charge in [0.25, 0.3) is 5.91 Å². The number of rotatable bonds is 3. The second-order valence-electron chi connectivity index (χ2n) is 7.66. The topological polar surface area (TPSA) is 90.0 Å². The van der Waals surface area contributed by atoms with Gasteiger partial charge in [-0.05, 0) is 48.5 Å². The van der Waals surface area contributed by atoms with Gasteiger partial charge in [-0.15, -0.1) is 0 Å². The van der Waals surface area contributed by atoms with Crippen LogP contribution in [0.5, 0.6) is 0 Å². The first kappa shape index (κ1) is 18.8. The molecule has 32 heavy (non-hydrogen) atoms. The van der Waals surface area contributed by atoms with Gasteiger partial charge in [-0.1, -0.05) is 35.9 Å². The van der Waals surface area contributed by atoms with Gasteiger partial charge in [0.1, 0.15) is 17.6 Å². The molecule has 3 heterocycles. The van der Waals surface area contributed by atoms with Crippen molar-refractivity contribution < 1.29 is 4.79 Å². The minimum Gasteiger partial charge on any atom is -0.340 e. The maximum atomic E-state index is 13.4. The highest BCUT2D eigenvalue weighted by molar-refractivity contribution is 6.30. The second-order valence-corrected chi connectivity index (χ2v) is 8.10. The van der Waals surface area contributed by atoms with E-state index < -0.39 is 0 Å². The number of amides is 1. The molecule has 2 aromatic heterocycles. The van der Waals surface area contributed by atoms with Gasteiger partial charge in [0.15, 0.2) is 5.82 Å². The summed E-state index contributed by atoms with van der Waals surface area (Å²) in [5.41, 5.74) is 4.75. The lowest BCUT2D eigenvalue weighted by Gasteiger charge is -2.20. The summed E-state index contributed by atoms with van der Waals surface area (Å²) in [6, 6.07) is 22.0. The Morgan fingerprint density at radius 3 is 2.22 bits per heavy atom. The van der Waals surface area contributed by atoms with Gasteiger partial charge in [0.05, 0.1) is 22.1 Å². The van der Waals surface area contributed by atoms with Crippen molar-refractivity contribution in [2.45, 2.75) is 12.5 Å². The number of hydrazone groups is 1. The van der Waals surface area contributed by atoms with E-state index in [1.54, 1.807) is 24.3 Å². The summed E-state index contributed by atoms with van der Waals surface area (Å²) in [4.78, 5) is 29.5. The van der Waals surface area contributed by atoms with Crippen molar-refractivity contribution in [1.29, 1.82) is 0 Å². The van der Waals surface area contributed by atoms with Gasteiger partial charge in [0.2, 0.25) is 0 Å². The van der Waals surface area contributed by atoms with E-state index in [-0.39, 0.29) is 11.9 Å². The highest BCUT2D eigenvalue weighted by Gasteiger charge is 2.36. The first-order valence-electron chi connectivity index (χ1n) is 10.2. The zero-order valence-electron chi connectivity index (χ0n) is 16.8. The van der Waals surface area contributed by atoms with Crippen LogP contribution >= 0.6 is 11.6 Å². The molecule has 6 rings (SSSR count). The van der Waals surface area contributed by atoms with E-state index in [4.69, 9.17) is 21.7 Å². The maximum Gasteiger partial charge on any atom is 0.274 e. The van der Waals surface area contributed by atoms with Crippen molar-refractivity contribution >= 4 is 45.3 Å². The molecule has 0 spiro atoms. The van der Waals surface area contributed by atoms with Crippen molar-refractivity contribution in [1.82, 2.24) is 24.9 Å². The summed E-state index contributed by atoms with van der Waals surface area (Å²) in [5.74, 6) is 1.11. The lowest BCUT2D eigenvalue weighted by Crippen LogP contribution is -2.27. The molecule has 0 saturated carbocycles. The largest absolute Gasteiger partial charge is 0.340 e. The van der Waals surface area contributed by atoms with Gasteiger partial charge >= 0.3 is 0 Å². The molecule has 0 fully saturated rings. The lowest BCUT2D eigenvalue weighted by molar-refractivity contribution is 0.0705. The van der Waals surface area contributed by atoms with E-state index in [1.807, 2.05) is 48.5 Å². The van der Waals surface area contributed by atoms with Crippen LogP contribution in [0.2, 0.25) is 5.02 Å². The number of carbonyl (C=O) groups is 1. The number of benzene rings is 3. The fraction of sp³-hybridized carbons (Fsp3) is 0.0833. The summed E-state index contributed by atoms with van der Waals surface area (Å²) in [6.45, 7) is 0. The first-order valence-corrected chi connectivity index (χ1v) is 10.6. The zero-order valence-corrected chi connectivity index (χ0v) is 17.5. The van der Waals surface area contributed by atoms with Gasteiger partial charge in [-0.2, -0.15) is 5.10 Å². The molecule has 1 aliphatic heterocycles. The number of aromatic nitrogens is 4. The van der Waals surface area contributed by atoms with E-state index in [1.165, 1.54) is 5.01 Å². The van der Waals surface area contributed by atoms with Gasteiger partial charge in [0, 0.05) is 17.0 Å². The van der Waals surface area contributed by atoms with Crippen molar-refractivity contribution in [2.24, 2.45) is 5.10 Å². The number of imidazole rings is 2. The van der Waals surface area contributed by atoms with Crippen molar-refractivity contribution in [3.63, 3.8) is 0 Å². The average molecular weight is 441 g/mol. The molecule has 5 aromatic rings. The van der Waals surface area contributed by atoms with Gasteiger partial charge in [-0.25, -0.2) is 15.0 Å². The number of aromatic amines is 2. The van der Waals surface area contributed by atoms with Crippen LogP contribution in [0.4, 0.5) is 0 Å². The van der Waals surface area contributed by atoms with E-state index in [0.29, 0.717) is 34.4 Å². The second kappa shape index (κ2) is 7.32. The fourth-order valence-electron chi connectivity index (χ4n) is 4.00. The summed E-state index contributed by atoms with van der Waals surface area (Å²) in [5, 5.41) is 6.76. The number of halogens is 1. The van der Waals surface area contributed by atoms with Crippen LogP contribution in [-0.2, 0) is 0 Å². The van der Waals surface area contributed by atoms with Crippen LogP contribution in [0.3, 0.4) is 0 Å². The van der Waals surface area contributed by atoms with Gasteiger partial charge < -0.3 is 9.97 Å². The number of fused-ring (bicyclic) bond motifs is 2. The predicted octanol–water partition coefficient (Wildman–Crippen LogP) is 5.08. The molecule has 2 N–H and O–H groups in total. The summed E-state index contributed by atoms with van der Waals surface area (Å²) in [7, 11) is 0. The fourth-order valence-corrected chi connectivity index (χ4v) is 4.12. The number of hydrogen-bond donors (Lipinski definition) is 2. The Kier molecular flexibility index (Phi) is 4.29. The highest BCUT2D eigenvalue weighted by Crippen LogP contribution is 2.33. The van der Waals surface area contributed by atoms with Gasteiger partial charge in [-0.3, -0.25) is 4.79 Å². The van der Waals surface area contributed by atoms with Crippen LogP contribution in [0, 0.1) is 0 Å². The molecule has 1 amide bonds. The summed E-state index contributed by atoms with van der Waals surface area (Å²) >= 11 is 6.01. The molecule has 0 saturated heterocycles. The summed E-state index contributed by atoms with van der Waals surface area (Å²) in [6.07, 6.45) is 0.485. The molecule has 1 aliphatic rings. The number of H-pyrrole nitrogens is 2. The number of carbonyl (C=O) groups excluding carboxylic acids is 1. The van der Waals surface area contributed by atoms with Crippen molar-refractivity contribution in [3.8, 4) is 0 Å². The number of hydrogen-bond acceptors (Lipinski definition) is 4. The third kappa shape index (κ3) is 3.14. The van der Waals surface area contributed by atoms with Crippen LogP contribution in [0.1, 0.15) is 34.5 Å². The third-order valence-corrected chi connectivity index (χ3v) is 5.85. The Balaban J connectivity index is 1.43. The minimum atomic E-state index is -0.381. The van der Waals surface area contributed by atoms with Crippen LogP contribution in [0.15, 0.2) is 77.9 Å². The van der Waals surface area contributed by atoms with Crippen LogP contribution < -0.4 is 0 Å². The minimum absolute atomic E-state index is 0.224. The Labute approximate surface area is 187 Å². The molecule has 0 bridgehead atoms. The Morgan fingerprint density at radius 1 is 0.875 bits per heavy atom. The van der Waals surface area contributed by atoms with E-state index in [9.17, 15) is 4.79 Å². The van der Waals surface area contributed by atoms with Crippen LogP contribution in [0.25, 0.3) is 22.1 Å². The molecule has 0 aliphatic carbocycles. The SMILES string of the molecule is O=C(c1ccc(Cl)cc1)N1N=C(c2nc3ccccc3[nH]2)C[C@H]1c1nc2ccccc2[nH]1. The third-order valence-electron chi connectivity index (χ3n) is 5.60. The Morgan fingerprint density at radius 2 is 1.53 bits per heavy atom. The quantitative estimate of drug-likeness (QED) is 0.409. The Bertz CT molecular complexity index is 1430. The molecule has 0 radical (unpaired) electrons. The standard InChI is InChI=1S/C24H17ClN6O/c25-15-11-9-14(10-12-15)24(32)31-21(23-28-18-7-3-4-8-19(18)29-23)13-20(30-31)22-26-16-5-1-2-6-17(16)27-22/h1-12,21H,13H2,(H,26,27)(H,28,29)/t21-/m0/s1.